The molecule has 0 aromatic heterocycles. The van der Waals surface area contributed by atoms with Crippen molar-refractivity contribution in [3.8, 4) is 17.6 Å². The largest absolute Gasteiger partial charge is 0.494 e. The number of fused-ring (bicyclic) bond motifs is 2. The lowest BCUT2D eigenvalue weighted by Crippen LogP contribution is -1.97. The van der Waals surface area contributed by atoms with Crippen LogP contribution in [0, 0.1) is 11.8 Å². The van der Waals surface area contributed by atoms with Crippen LogP contribution in [0.3, 0.4) is 0 Å². The highest BCUT2D eigenvalue weighted by Gasteiger charge is 2.05. The second-order valence-corrected chi connectivity index (χ2v) is 8.79. The Morgan fingerprint density at radius 3 is 1.82 bits per heavy atom. The zero-order valence-corrected chi connectivity index (χ0v) is 19.8. The topological polar surface area (TPSA) is 9.23 Å². The quantitative estimate of drug-likeness (QED) is 0.137. The van der Waals surface area contributed by atoms with Gasteiger partial charge in [0.15, 0.2) is 0 Å². The zero-order valence-electron chi connectivity index (χ0n) is 19.8. The van der Waals surface area contributed by atoms with Crippen LogP contribution in [0.1, 0.15) is 69.4 Å². The molecule has 1 nitrogen and oxygen atoms in total. The first kappa shape index (κ1) is 22.9. The lowest BCUT2D eigenvalue weighted by Gasteiger charge is -2.07. The maximum Gasteiger partial charge on any atom is 0.119 e. The van der Waals surface area contributed by atoms with E-state index in [1.807, 2.05) is 12.1 Å². The molecular formula is C32H34O. The Labute approximate surface area is 198 Å². The van der Waals surface area contributed by atoms with Gasteiger partial charge in [0.1, 0.15) is 5.75 Å². The second-order valence-electron chi connectivity index (χ2n) is 8.79. The smallest absolute Gasteiger partial charge is 0.119 e. The van der Waals surface area contributed by atoms with Gasteiger partial charge in [0.05, 0.1) is 6.61 Å². The third-order valence-electron chi connectivity index (χ3n) is 6.22. The van der Waals surface area contributed by atoms with Crippen LogP contribution < -0.4 is 4.74 Å². The van der Waals surface area contributed by atoms with E-state index >= 15 is 0 Å². The summed E-state index contributed by atoms with van der Waals surface area (Å²) < 4.78 is 5.94. The molecule has 33 heavy (non-hydrogen) atoms. The van der Waals surface area contributed by atoms with Gasteiger partial charge in [-0.1, -0.05) is 112 Å². The molecule has 0 saturated heterocycles. The van der Waals surface area contributed by atoms with E-state index in [1.54, 1.807) is 0 Å². The summed E-state index contributed by atoms with van der Waals surface area (Å²) in [4.78, 5) is 0. The molecule has 0 aliphatic heterocycles. The number of hydrogen-bond acceptors (Lipinski definition) is 1. The van der Waals surface area contributed by atoms with E-state index in [4.69, 9.17) is 4.74 Å². The van der Waals surface area contributed by atoms with Gasteiger partial charge in [0.2, 0.25) is 0 Å². The van der Waals surface area contributed by atoms with E-state index in [0.29, 0.717) is 0 Å². The standard InChI is InChI=1S/C32H34O/c1-2-3-4-5-6-7-8-13-24-33-29-21-18-26(19-22-29)20-23-32-30-16-11-9-14-27(30)25-28-15-10-12-17-31(28)32/h9-12,14-19,21-22,25H,2-8,13,24H2,1H3. The summed E-state index contributed by atoms with van der Waals surface area (Å²) in [5, 5.41) is 4.86. The maximum absolute atomic E-state index is 5.94. The van der Waals surface area contributed by atoms with Gasteiger partial charge < -0.3 is 4.74 Å². The van der Waals surface area contributed by atoms with Gasteiger partial charge in [0.25, 0.3) is 0 Å². The predicted molar refractivity (Wildman–Crippen MR) is 142 cm³/mol. The molecule has 0 bridgehead atoms. The second kappa shape index (κ2) is 12.1. The molecule has 1 heteroatoms. The Kier molecular flexibility index (Phi) is 8.42. The van der Waals surface area contributed by atoms with Crippen molar-refractivity contribution in [1.82, 2.24) is 0 Å². The number of rotatable bonds is 10. The summed E-state index contributed by atoms with van der Waals surface area (Å²) in [5.74, 6) is 7.76. The molecule has 0 heterocycles. The number of unbranched alkanes of at least 4 members (excludes halogenated alkanes) is 7. The van der Waals surface area contributed by atoms with Crippen LogP contribution in [0.25, 0.3) is 21.5 Å². The van der Waals surface area contributed by atoms with E-state index in [0.717, 1.165) is 29.9 Å². The summed E-state index contributed by atoms with van der Waals surface area (Å²) in [6.45, 7) is 3.06. The predicted octanol–water partition coefficient (Wildman–Crippen LogP) is 8.91. The highest BCUT2D eigenvalue weighted by molar-refractivity contribution is 6.04. The summed E-state index contributed by atoms with van der Waals surface area (Å²) in [6, 6.07) is 27.4. The van der Waals surface area contributed by atoms with Crippen molar-refractivity contribution in [3.63, 3.8) is 0 Å². The van der Waals surface area contributed by atoms with Gasteiger partial charge in [-0.2, -0.15) is 0 Å². The summed E-state index contributed by atoms with van der Waals surface area (Å²) in [7, 11) is 0. The molecule has 4 aromatic rings. The van der Waals surface area contributed by atoms with Crippen LogP contribution in [0.15, 0.2) is 78.9 Å². The molecule has 0 atom stereocenters. The zero-order chi connectivity index (χ0) is 22.7. The number of hydrogen-bond donors (Lipinski definition) is 0. The van der Waals surface area contributed by atoms with Crippen molar-refractivity contribution >= 4 is 21.5 Å². The highest BCUT2D eigenvalue weighted by atomic mass is 16.5. The number of benzene rings is 4. The minimum absolute atomic E-state index is 0.794. The van der Waals surface area contributed by atoms with Gasteiger partial charge in [0, 0.05) is 11.1 Å². The summed E-state index contributed by atoms with van der Waals surface area (Å²) in [6.07, 6.45) is 10.5. The Morgan fingerprint density at radius 1 is 0.606 bits per heavy atom. The highest BCUT2D eigenvalue weighted by Crippen LogP contribution is 2.28. The lowest BCUT2D eigenvalue weighted by molar-refractivity contribution is 0.304. The van der Waals surface area contributed by atoms with Gasteiger partial charge in [-0.25, -0.2) is 0 Å². The SMILES string of the molecule is CCCCCCCCCCOc1ccc(C#Cc2c3ccccc3cc3ccccc23)cc1. The van der Waals surface area contributed by atoms with Crippen molar-refractivity contribution in [1.29, 1.82) is 0 Å². The first-order valence-corrected chi connectivity index (χ1v) is 12.5. The van der Waals surface area contributed by atoms with E-state index in [1.165, 1.54) is 66.5 Å². The van der Waals surface area contributed by atoms with E-state index in [2.05, 4.69) is 85.5 Å². The molecule has 0 aliphatic carbocycles. The molecule has 0 fully saturated rings. The van der Waals surface area contributed by atoms with Crippen molar-refractivity contribution < 1.29 is 4.74 Å². The molecule has 168 valence electrons. The molecule has 0 aliphatic rings. The van der Waals surface area contributed by atoms with Crippen molar-refractivity contribution in [3.05, 3.63) is 90.0 Å². The first-order valence-electron chi connectivity index (χ1n) is 12.5. The fourth-order valence-electron chi connectivity index (χ4n) is 4.34. The minimum Gasteiger partial charge on any atom is -0.494 e. The fraction of sp³-hybridized carbons (Fsp3) is 0.312. The maximum atomic E-state index is 5.94. The third kappa shape index (κ3) is 6.39. The monoisotopic (exact) mass is 434 g/mol. The Hall–Kier alpha value is -3.24. The Morgan fingerprint density at radius 2 is 1.18 bits per heavy atom. The van der Waals surface area contributed by atoms with Gasteiger partial charge in [-0.15, -0.1) is 0 Å². The summed E-state index contributed by atoms with van der Waals surface area (Å²) >= 11 is 0. The van der Waals surface area contributed by atoms with E-state index in [-0.39, 0.29) is 0 Å². The molecule has 0 amide bonds. The van der Waals surface area contributed by atoms with Crippen LogP contribution in [0.4, 0.5) is 0 Å². The van der Waals surface area contributed by atoms with Crippen molar-refractivity contribution in [2.24, 2.45) is 0 Å². The molecule has 0 spiro atoms. The van der Waals surface area contributed by atoms with Crippen LogP contribution >= 0.6 is 0 Å². The lowest BCUT2D eigenvalue weighted by atomic mass is 9.97. The van der Waals surface area contributed by atoms with Crippen LogP contribution in [0.2, 0.25) is 0 Å². The fourth-order valence-corrected chi connectivity index (χ4v) is 4.34. The normalized spacial score (nSPS) is 10.8. The molecule has 0 unspecified atom stereocenters. The molecule has 4 rings (SSSR count). The van der Waals surface area contributed by atoms with Crippen molar-refractivity contribution in [2.45, 2.75) is 58.3 Å². The minimum atomic E-state index is 0.794. The van der Waals surface area contributed by atoms with Gasteiger partial charge in [-0.3, -0.25) is 0 Å². The van der Waals surface area contributed by atoms with Crippen LogP contribution in [0.5, 0.6) is 5.75 Å². The van der Waals surface area contributed by atoms with Crippen molar-refractivity contribution in [2.75, 3.05) is 6.61 Å². The third-order valence-corrected chi connectivity index (χ3v) is 6.22. The summed E-state index contributed by atoms with van der Waals surface area (Å²) in [5.41, 5.74) is 2.10. The number of ether oxygens (including phenoxy) is 1. The van der Waals surface area contributed by atoms with Crippen LogP contribution in [-0.4, -0.2) is 6.61 Å². The average Bonchev–Trinajstić information content (AvgIpc) is 2.86. The first-order chi connectivity index (χ1) is 16.3. The van der Waals surface area contributed by atoms with E-state index < -0.39 is 0 Å². The van der Waals surface area contributed by atoms with Crippen LogP contribution in [-0.2, 0) is 0 Å². The molecule has 0 N–H and O–H groups in total. The molecule has 0 saturated carbocycles. The van der Waals surface area contributed by atoms with E-state index in [9.17, 15) is 0 Å². The Balaban J connectivity index is 1.36. The Bertz CT molecular complexity index is 1170. The van der Waals surface area contributed by atoms with Gasteiger partial charge in [-0.05, 0) is 58.3 Å². The molecule has 0 radical (unpaired) electrons. The molecular weight excluding hydrogens is 400 g/mol. The molecule has 4 aromatic carbocycles. The average molecular weight is 435 g/mol. The van der Waals surface area contributed by atoms with Gasteiger partial charge >= 0.3 is 0 Å².